The van der Waals surface area contributed by atoms with Crippen molar-refractivity contribution in [3.05, 3.63) is 36.0 Å². The fraction of sp³-hybridized carbons (Fsp3) is 0.864. The van der Waals surface area contributed by atoms with Gasteiger partial charge in [-0.05, 0) is 169 Å². The van der Waals surface area contributed by atoms with Crippen LogP contribution in [0.25, 0.3) is 0 Å². The fourth-order valence-electron chi connectivity index (χ4n) is 9.17. The van der Waals surface area contributed by atoms with E-state index in [1.54, 1.807) is 0 Å². The minimum Gasteiger partial charge on any atom is -0.459 e. The van der Waals surface area contributed by atoms with Gasteiger partial charge in [0.05, 0.1) is 24.2 Å². The molecule has 82 heavy (non-hydrogen) atoms. The summed E-state index contributed by atoms with van der Waals surface area (Å²) in [5.74, 6) is -2.64. The lowest BCUT2D eigenvalue weighted by molar-refractivity contribution is -0.280. The van der Waals surface area contributed by atoms with Crippen LogP contribution in [0.4, 0.5) is 0 Å². The minimum atomic E-state index is -2.51. The Bertz CT molecular complexity index is 2160. The molecule has 1 fully saturated rings. The molecular formula is C66H128O11Si5. The molecule has 11 nitrogen and oxygen atoms in total. The van der Waals surface area contributed by atoms with Crippen LogP contribution in [0, 0.1) is 11.8 Å². The van der Waals surface area contributed by atoms with Crippen molar-refractivity contribution in [2.75, 3.05) is 0 Å². The Morgan fingerprint density at radius 2 is 1.02 bits per heavy atom. The van der Waals surface area contributed by atoms with E-state index in [2.05, 4.69) is 183 Å². The second kappa shape index (κ2) is 29.0. The number of ether oxygens (including phenoxy) is 3. The lowest BCUT2D eigenvalue weighted by atomic mass is 9.92. The van der Waals surface area contributed by atoms with Gasteiger partial charge in [0.15, 0.2) is 53.2 Å². The molecule has 10 atom stereocenters. The maximum Gasteiger partial charge on any atom is 0.311 e. The van der Waals surface area contributed by atoms with Gasteiger partial charge >= 0.3 is 5.97 Å². The minimum absolute atomic E-state index is 0.00120. The number of rotatable bonds is 13. The molecule has 0 aromatic carbocycles. The summed E-state index contributed by atoms with van der Waals surface area (Å²) in [6.45, 7) is 72.6. The van der Waals surface area contributed by atoms with Crippen molar-refractivity contribution in [3.8, 4) is 0 Å². The van der Waals surface area contributed by atoms with E-state index >= 15 is 4.79 Å². The zero-order chi connectivity index (χ0) is 64.0. The van der Waals surface area contributed by atoms with Gasteiger partial charge in [-0.25, -0.2) is 0 Å². The monoisotopic (exact) mass is 1240 g/mol. The number of carbonyl (C=O) groups excluding carboxylic acids is 3. The number of hydrogen-bond acceptors (Lipinski definition) is 11. The average Bonchev–Trinajstić information content (AvgIpc) is 3.30. The summed E-state index contributed by atoms with van der Waals surface area (Å²) >= 11 is 0. The van der Waals surface area contributed by atoms with E-state index in [-0.39, 0.29) is 61.4 Å². The summed E-state index contributed by atoms with van der Waals surface area (Å²) < 4.78 is 56.9. The largest absolute Gasteiger partial charge is 0.459 e. The van der Waals surface area contributed by atoms with Gasteiger partial charge in [-0.15, -0.1) is 0 Å². The van der Waals surface area contributed by atoms with Crippen molar-refractivity contribution in [3.63, 3.8) is 0 Å². The highest BCUT2D eigenvalue weighted by atomic mass is 28.4. The van der Waals surface area contributed by atoms with Crippen molar-refractivity contribution in [1.82, 2.24) is 0 Å². The van der Waals surface area contributed by atoms with Crippen molar-refractivity contribution >= 4 is 59.1 Å². The van der Waals surface area contributed by atoms with E-state index in [0.717, 1.165) is 18.4 Å². The molecule has 0 aromatic rings. The van der Waals surface area contributed by atoms with Crippen molar-refractivity contribution in [1.29, 1.82) is 0 Å². The SMILES string of the molecule is C=C1/C=C/[C@H](O[Si](C)(C)C(C)(C)C)[C@@H](C)C(=O)O[C@H](CCCC)[C@H](O[Si](C)(C)C(C)(C)C)CC[C@H](O[Si](C)(C)C(C)(C)C)C[C@@H](O[Si](C)(C)C(C)(C)C)CC[C@H]2OC(C)(C)O[C@H](C/C(C)=C/[C@H](C)C(=O)C[C@@H]1O[Si](C)(C)C(C)(C)C)C2=O. The summed E-state index contributed by atoms with van der Waals surface area (Å²) in [4.78, 5) is 44.6. The molecule has 0 spiro atoms. The van der Waals surface area contributed by atoms with Gasteiger partial charge < -0.3 is 36.3 Å². The van der Waals surface area contributed by atoms with Gasteiger partial charge in [0, 0.05) is 31.0 Å². The first-order valence-corrected chi connectivity index (χ1v) is 46.2. The predicted octanol–water partition coefficient (Wildman–Crippen LogP) is 18.8. The smallest absolute Gasteiger partial charge is 0.311 e. The summed E-state index contributed by atoms with van der Waals surface area (Å²) in [5.41, 5.74) is 1.53. The Morgan fingerprint density at radius 3 is 1.49 bits per heavy atom. The predicted molar refractivity (Wildman–Crippen MR) is 356 cm³/mol. The topological polar surface area (TPSA) is 125 Å². The molecular weight excluding hydrogens is 1110 g/mol. The number of Topliss-reactive ketones (excluding diaryl/α,β-unsaturated/α-hetero) is 2. The highest BCUT2D eigenvalue weighted by molar-refractivity contribution is 6.75. The van der Waals surface area contributed by atoms with Crippen LogP contribution in [0.2, 0.25) is 90.7 Å². The first-order valence-electron chi connectivity index (χ1n) is 31.7. The van der Waals surface area contributed by atoms with Gasteiger partial charge in [0.25, 0.3) is 0 Å². The number of esters is 1. The summed E-state index contributed by atoms with van der Waals surface area (Å²) in [5, 5.41) is -0.578. The molecule has 0 saturated carbocycles. The molecule has 2 aliphatic heterocycles. The highest BCUT2D eigenvalue weighted by Gasteiger charge is 2.48. The van der Waals surface area contributed by atoms with Gasteiger partial charge in [-0.1, -0.05) is 155 Å². The Labute approximate surface area is 509 Å². The molecule has 0 radical (unpaired) electrons. The second-order valence-electron chi connectivity index (χ2n) is 33.0. The first kappa shape index (κ1) is 76.9. The normalized spacial score (nSPS) is 29.2. The number of hydrogen-bond donors (Lipinski definition) is 0. The molecule has 1 saturated heterocycles. The highest BCUT2D eigenvalue weighted by Crippen LogP contribution is 2.45. The fourth-order valence-corrected chi connectivity index (χ4v) is 16.0. The molecule has 0 aromatic heterocycles. The van der Waals surface area contributed by atoms with Gasteiger partial charge in [0.2, 0.25) is 0 Å². The zero-order valence-electron chi connectivity index (χ0n) is 58.8. The number of unbranched alkanes of at least 4 members (excludes halogenated alkanes) is 1. The molecule has 478 valence electrons. The van der Waals surface area contributed by atoms with E-state index in [9.17, 15) is 9.59 Å². The van der Waals surface area contributed by atoms with Crippen LogP contribution in [-0.2, 0) is 50.7 Å². The average molecular weight is 1240 g/mol. The quantitative estimate of drug-likeness (QED) is 0.0994. The Kier molecular flexibility index (Phi) is 27.2. The number of carbonyl (C=O) groups is 3. The van der Waals surface area contributed by atoms with Crippen molar-refractivity contribution in [2.45, 2.75) is 355 Å². The number of cyclic esters (lactones) is 1. The number of ketones is 2. The lowest BCUT2D eigenvalue weighted by Crippen LogP contribution is -2.52. The zero-order valence-corrected chi connectivity index (χ0v) is 63.8. The Morgan fingerprint density at radius 1 is 0.598 bits per heavy atom. The van der Waals surface area contributed by atoms with Crippen LogP contribution in [0.3, 0.4) is 0 Å². The van der Waals surface area contributed by atoms with E-state index in [4.69, 9.17) is 36.3 Å². The maximum absolute atomic E-state index is 15.3. The van der Waals surface area contributed by atoms with Crippen LogP contribution < -0.4 is 0 Å². The van der Waals surface area contributed by atoms with Crippen molar-refractivity contribution in [2.24, 2.45) is 11.8 Å². The van der Waals surface area contributed by atoms with E-state index in [0.29, 0.717) is 50.5 Å². The van der Waals surface area contributed by atoms with E-state index < -0.39 is 95.8 Å². The summed E-state index contributed by atoms with van der Waals surface area (Å²) in [6, 6.07) is 0. The molecule has 2 heterocycles. The summed E-state index contributed by atoms with van der Waals surface area (Å²) in [7, 11) is -12.2. The Hall–Kier alpha value is -1.17. The molecule has 0 aliphatic carbocycles. The molecule has 0 unspecified atom stereocenters. The molecule has 2 aliphatic rings. The van der Waals surface area contributed by atoms with Crippen LogP contribution in [0.1, 0.15) is 210 Å². The first-order chi connectivity index (χ1) is 36.6. The number of fused-ring (bicyclic) bond motifs is 2. The third kappa shape index (κ3) is 22.5. The third-order valence-electron chi connectivity index (χ3n) is 20.0. The van der Waals surface area contributed by atoms with Crippen molar-refractivity contribution < 1.29 is 50.7 Å². The summed E-state index contributed by atoms with van der Waals surface area (Å²) in [6.07, 6.45) is 7.45. The van der Waals surface area contributed by atoms with Crippen LogP contribution in [0.5, 0.6) is 0 Å². The van der Waals surface area contributed by atoms with Gasteiger partial charge in [0.1, 0.15) is 24.1 Å². The second-order valence-corrected chi connectivity index (χ2v) is 56.8. The standard InChI is InChI=1S/C66H128O11Si5/c1-33-34-35-54-55(76-81(29,30)64(15,16)17)40-37-50(73-78(23,24)61(6,7)8)44-51(74-79(25,26)62(9,10)11)38-41-56-59(68)58(72-66(21,22)71-56)43-46(2)42-48(4)52(67)45-57(77-82(31,32)65(18,19)20)47(3)36-39-53(49(5)60(69)70-54)75-80(27,28)63(12,13)14/h36,39,42,48-51,53-58H,3,33-35,37-38,40-41,43-45H2,1-2,4-32H3/b39-36+,46-42+/t48-,49+,50-,51-,53-,54+,55+,56+,57-,58+/m0/s1. The van der Waals surface area contributed by atoms with Gasteiger partial charge in [-0.3, -0.25) is 14.4 Å². The Balaban J connectivity index is 3.14. The molecule has 0 amide bonds. The molecule has 16 heteroatoms. The van der Waals surface area contributed by atoms with E-state index in [1.165, 1.54) is 0 Å². The lowest BCUT2D eigenvalue weighted by Gasteiger charge is -2.44. The maximum atomic E-state index is 15.3. The van der Waals surface area contributed by atoms with Gasteiger partial charge in [-0.2, -0.15) is 0 Å². The number of allylic oxidation sites excluding steroid dienone is 1. The van der Waals surface area contributed by atoms with Crippen LogP contribution in [0.15, 0.2) is 36.0 Å². The molecule has 2 rings (SSSR count). The van der Waals surface area contributed by atoms with Crippen LogP contribution in [-0.4, -0.2) is 114 Å². The molecule has 2 bridgehead atoms. The molecule has 0 N–H and O–H groups in total. The third-order valence-corrected chi connectivity index (χ3v) is 42.6. The van der Waals surface area contributed by atoms with E-state index in [1.807, 2.05) is 52.8 Å². The van der Waals surface area contributed by atoms with Crippen LogP contribution >= 0.6 is 0 Å².